The number of hydrogen-bond donors (Lipinski definition) is 2. The maximum Gasteiger partial charge on any atom is 0.220 e. The van der Waals surface area contributed by atoms with Crippen LogP contribution in [0.4, 0.5) is 0 Å². The zero-order chi connectivity index (χ0) is 22.1. The monoisotopic (exact) mass is 432 g/mol. The molecule has 1 unspecified atom stereocenters. The lowest BCUT2D eigenvalue weighted by atomic mass is 9.97. The number of aliphatic hydroxyl groups is 1. The summed E-state index contributed by atoms with van der Waals surface area (Å²) in [4.78, 5) is 15.1. The lowest BCUT2D eigenvalue weighted by Gasteiger charge is -2.35. The van der Waals surface area contributed by atoms with Crippen molar-refractivity contribution in [3.8, 4) is 11.5 Å². The molecule has 0 spiro atoms. The van der Waals surface area contributed by atoms with E-state index in [-0.39, 0.29) is 11.9 Å². The Morgan fingerprint density at radius 3 is 2.74 bits per heavy atom. The molecular weight excluding hydrogens is 392 g/mol. The summed E-state index contributed by atoms with van der Waals surface area (Å²) in [6.45, 7) is 8.20. The van der Waals surface area contributed by atoms with Gasteiger partial charge in [-0.25, -0.2) is 0 Å². The number of carbonyl (C=O) groups excluding carboxylic acids is 1. The Morgan fingerprint density at radius 2 is 1.97 bits per heavy atom. The molecule has 1 saturated heterocycles. The first-order valence-corrected chi connectivity index (χ1v) is 12.2. The van der Waals surface area contributed by atoms with E-state index in [2.05, 4.69) is 24.1 Å². The molecule has 1 aromatic carbocycles. The van der Waals surface area contributed by atoms with Crippen LogP contribution in [0.1, 0.15) is 76.9 Å². The second-order valence-corrected chi connectivity index (χ2v) is 9.19. The number of nitrogens with one attached hydrogen (secondary N) is 1. The summed E-state index contributed by atoms with van der Waals surface area (Å²) in [5.41, 5.74) is 0.752. The molecule has 2 aliphatic heterocycles. The van der Waals surface area contributed by atoms with E-state index in [0.29, 0.717) is 43.6 Å². The first-order chi connectivity index (χ1) is 15.1. The molecule has 31 heavy (non-hydrogen) atoms. The van der Waals surface area contributed by atoms with Gasteiger partial charge in [-0.3, -0.25) is 4.79 Å². The van der Waals surface area contributed by atoms with E-state index in [4.69, 9.17) is 9.47 Å². The Morgan fingerprint density at radius 1 is 1.19 bits per heavy atom. The average molecular weight is 433 g/mol. The minimum Gasteiger partial charge on any atom is -0.486 e. The molecule has 3 atom stereocenters. The van der Waals surface area contributed by atoms with Gasteiger partial charge in [0.25, 0.3) is 0 Å². The van der Waals surface area contributed by atoms with E-state index < -0.39 is 6.10 Å². The SMILES string of the molecule is CCCCCCCC(=O)N[C@H](CN1CCCC(C)C1)[C@H](O)c1ccc2c(c1)OCCO2. The molecule has 0 aromatic heterocycles. The molecule has 6 nitrogen and oxygen atoms in total. The van der Waals surface area contributed by atoms with Gasteiger partial charge in [-0.2, -0.15) is 0 Å². The van der Waals surface area contributed by atoms with Gasteiger partial charge in [-0.15, -0.1) is 0 Å². The first-order valence-electron chi connectivity index (χ1n) is 12.2. The molecule has 0 radical (unpaired) electrons. The summed E-state index contributed by atoms with van der Waals surface area (Å²) in [5, 5.41) is 14.4. The smallest absolute Gasteiger partial charge is 0.220 e. The highest BCUT2D eigenvalue weighted by Gasteiger charge is 2.28. The number of amides is 1. The van der Waals surface area contributed by atoms with Crippen molar-refractivity contribution >= 4 is 5.91 Å². The molecular formula is C25H40N2O4. The molecule has 0 saturated carbocycles. The van der Waals surface area contributed by atoms with E-state index >= 15 is 0 Å². The van der Waals surface area contributed by atoms with Crippen molar-refractivity contribution in [2.45, 2.75) is 77.4 Å². The molecule has 2 heterocycles. The number of unbranched alkanes of at least 4 members (excludes halogenated alkanes) is 4. The van der Waals surface area contributed by atoms with E-state index in [1.807, 2.05) is 18.2 Å². The third-order valence-corrected chi connectivity index (χ3v) is 6.34. The molecule has 3 rings (SSSR count). The number of rotatable bonds is 11. The van der Waals surface area contributed by atoms with Crippen LogP contribution in [0.25, 0.3) is 0 Å². The predicted molar refractivity (Wildman–Crippen MR) is 123 cm³/mol. The summed E-state index contributed by atoms with van der Waals surface area (Å²) in [6, 6.07) is 5.22. The van der Waals surface area contributed by atoms with Crippen molar-refractivity contribution in [3.63, 3.8) is 0 Å². The molecule has 2 N–H and O–H groups in total. The fraction of sp³-hybridized carbons (Fsp3) is 0.720. The number of piperidine rings is 1. The van der Waals surface area contributed by atoms with Gasteiger partial charge >= 0.3 is 0 Å². The lowest BCUT2D eigenvalue weighted by molar-refractivity contribution is -0.123. The molecule has 2 aliphatic rings. The second kappa shape index (κ2) is 12.3. The van der Waals surface area contributed by atoms with Crippen LogP contribution < -0.4 is 14.8 Å². The predicted octanol–water partition coefficient (Wildman–Crippen LogP) is 4.07. The molecule has 1 aromatic rings. The molecule has 0 aliphatic carbocycles. The molecule has 174 valence electrons. The Labute approximate surface area is 187 Å². The highest BCUT2D eigenvalue weighted by Crippen LogP contribution is 2.33. The van der Waals surface area contributed by atoms with Crippen LogP contribution >= 0.6 is 0 Å². The fourth-order valence-electron chi connectivity index (χ4n) is 4.60. The van der Waals surface area contributed by atoms with Crippen LogP contribution in [-0.4, -0.2) is 54.8 Å². The zero-order valence-electron chi connectivity index (χ0n) is 19.3. The Balaban J connectivity index is 1.64. The summed E-state index contributed by atoms with van der Waals surface area (Å²) in [7, 11) is 0. The van der Waals surface area contributed by atoms with Crippen LogP contribution in [0.3, 0.4) is 0 Å². The van der Waals surface area contributed by atoms with Gasteiger partial charge < -0.3 is 24.8 Å². The van der Waals surface area contributed by atoms with Crippen molar-refractivity contribution in [2.24, 2.45) is 5.92 Å². The number of hydrogen-bond acceptors (Lipinski definition) is 5. The number of aliphatic hydroxyl groups excluding tert-OH is 1. The maximum absolute atomic E-state index is 12.7. The number of ether oxygens (including phenoxy) is 2. The van der Waals surface area contributed by atoms with Crippen molar-refractivity contribution in [1.29, 1.82) is 0 Å². The van der Waals surface area contributed by atoms with E-state index in [0.717, 1.165) is 31.5 Å². The topological polar surface area (TPSA) is 71.0 Å². The van der Waals surface area contributed by atoms with Gasteiger partial charge in [0.1, 0.15) is 19.3 Å². The van der Waals surface area contributed by atoms with Crippen molar-refractivity contribution < 1.29 is 19.4 Å². The molecule has 6 heteroatoms. The summed E-state index contributed by atoms with van der Waals surface area (Å²) < 4.78 is 11.3. The average Bonchev–Trinajstić information content (AvgIpc) is 2.77. The highest BCUT2D eigenvalue weighted by molar-refractivity contribution is 5.76. The number of benzene rings is 1. The summed E-state index contributed by atoms with van der Waals surface area (Å²) in [6.07, 6.45) is 7.72. The van der Waals surface area contributed by atoms with E-state index in [1.54, 1.807) is 0 Å². The van der Waals surface area contributed by atoms with Crippen molar-refractivity contribution in [3.05, 3.63) is 23.8 Å². The van der Waals surface area contributed by atoms with Crippen LogP contribution in [0, 0.1) is 5.92 Å². The Hall–Kier alpha value is -1.79. The highest BCUT2D eigenvalue weighted by atomic mass is 16.6. The second-order valence-electron chi connectivity index (χ2n) is 9.19. The van der Waals surface area contributed by atoms with Crippen molar-refractivity contribution in [2.75, 3.05) is 32.8 Å². The van der Waals surface area contributed by atoms with Gasteiger partial charge in [-0.05, 0) is 49.4 Å². The summed E-state index contributed by atoms with van der Waals surface area (Å²) >= 11 is 0. The minimum absolute atomic E-state index is 0.0307. The Bertz CT molecular complexity index is 696. The first kappa shape index (κ1) is 23.9. The lowest BCUT2D eigenvalue weighted by Crippen LogP contribution is -2.49. The van der Waals surface area contributed by atoms with Gasteiger partial charge in [0.15, 0.2) is 11.5 Å². The maximum atomic E-state index is 12.7. The standard InChI is InChI=1S/C25H40N2O4/c1-3-4-5-6-7-10-24(28)26-21(18-27-13-8-9-19(2)17-27)25(29)20-11-12-22-23(16-20)31-15-14-30-22/h11-12,16,19,21,25,29H,3-10,13-15,17-18H2,1-2H3,(H,26,28)/t19?,21-,25-/m1/s1. The number of nitrogens with zero attached hydrogens (tertiary/aromatic N) is 1. The van der Waals surface area contributed by atoms with E-state index in [1.165, 1.54) is 32.1 Å². The third-order valence-electron chi connectivity index (χ3n) is 6.34. The largest absolute Gasteiger partial charge is 0.486 e. The van der Waals surface area contributed by atoms with E-state index in [9.17, 15) is 9.90 Å². The Kier molecular flexibility index (Phi) is 9.47. The third kappa shape index (κ3) is 7.39. The normalized spacial score (nSPS) is 20.8. The molecule has 1 fully saturated rings. The number of fused-ring (bicyclic) bond motifs is 1. The van der Waals surface area contributed by atoms with Crippen LogP contribution in [0.5, 0.6) is 11.5 Å². The number of likely N-dealkylation sites (tertiary alicyclic amines) is 1. The molecule has 0 bridgehead atoms. The molecule has 1 amide bonds. The van der Waals surface area contributed by atoms with Crippen LogP contribution in [0.15, 0.2) is 18.2 Å². The van der Waals surface area contributed by atoms with Crippen LogP contribution in [0.2, 0.25) is 0 Å². The zero-order valence-corrected chi connectivity index (χ0v) is 19.3. The number of carbonyl (C=O) groups is 1. The quantitative estimate of drug-likeness (QED) is 0.516. The minimum atomic E-state index is -0.794. The van der Waals surface area contributed by atoms with Crippen molar-refractivity contribution in [1.82, 2.24) is 10.2 Å². The van der Waals surface area contributed by atoms with Gasteiger partial charge in [0.05, 0.1) is 6.04 Å². The fourth-order valence-corrected chi connectivity index (χ4v) is 4.60. The van der Waals surface area contributed by atoms with Crippen LogP contribution in [-0.2, 0) is 4.79 Å². The summed E-state index contributed by atoms with van der Waals surface area (Å²) in [5.74, 6) is 2.05. The van der Waals surface area contributed by atoms with Gasteiger partial charge in [0, 0.05) is 19.5 Å². The van der Waals surface area contributed by atoms with Gasteiger partial charge in [-0.1, -0.05) is 45.6 Å². The van der Waals surface area contributed by atoms with Gasteiger partial charge in [0.2, 0.25) is 5.91 Å².